The van der Waals surface area contributed by atoms with Crippen molar-refractivity contribution in [3.63, 3.8) is 0 Å². The van der Waals surface area contributed by atoms with Gasteiger partial charge in [-0.2, -0.15) is 0 Å². The van der Waals surface area contributed by atoms with Crippen LogP contribution in [0.25, 0.3) is 0 Å². The first-order valence-electron chi connectivity index (χ1n) is 5.72. The highest BCUT2D eigenvalue weighted by atomic mass is 35.5. The Kier molecular flexibility index (Phi) is 3.54. The molecule has 1 atom stereocenters. The Hall–Kier alpha value is -0.960. The topological polar surface area (TPSA) is 33.5 Å². The van der Waals surface area contributed by atoms with Gasteiger partial charge in [0.2, 0.25) is 0 Å². The summed E-state index contributed by atoms with van der Waals surface area (Å²) in [6.45, 7) is 2.79. The van der Waals surface area contributed by atoms with Gasteiger partial charge in [0, 0.05) is 24.9 Å². The summed E-state index contributed by atoms with van der Waals surface area (Å²) >= 11 is 5.84. The summed E-state index contributed by atoms with van der Waals surface area (Å²) in [5.74, 6) is 1.77. The van der Waals surface area contributed by atoms with Gasteiger partial charge in [0.25, 0.3) is 5.91 Å². The molecule has 1 aromatic heterocycles. The van der Waals surface area contributed by atoms with Crippen LogP contribution >= 0.6 is 11.6 Å². The Morgan fingerprint density at radius 3 is 3.06 bits per heavy atom. The third-order valence-corrected chi connectivity index (χ3v) is 3.39. The minimum atomic E-state index is -0.0251. The summed E-state index contributed by atoms with van der Waals surface area (Å²) in [6, 6.07) is 3.79. The lowest BCUT2D eigenvalue weighted by Gasteiger charge is -2.21. The van der Waals surface area contributed by atoms with Gasteiger partial charge in [-0.25, -0.2) is 0 Å². The van der Waals surface area contributed by atoms with E-state index in [-0.39, 0.29) is 11.9 Å². The zero-order valence-electron chi connectivity index (χ0n) is 9.41. The van der Waals surface area contributed by atoms with Crippen LogP contribution < -0.4 is 0 Å². The molecule has 3 nitrogen and oxygen atoms in total. The fraction of sp³-hybridized carbons (Fsp3) is 0.583. The third kappa shape index (κ3) is 2.09. The van der Waals surface area contributed by atoms with Crippen molar-refractivity contribution in [2.45, 2.75) is 32.2 Å². The monoisotopic (exact) mass is 241 g/mol. The second-order valence-corrected chi connectivity index (χ2v) is 4.38. The fourth-order valence-electron chi connectivity index (χ4n) is 2.09. The van der Waals surface area contributed by atoms with Gasteiger partial charge in [0.1, 0.15) is 5.76 Å². The molecule has 1 unspecified atom stereocenters. The summed E-state index contributed by atoms with van der Waals surface area (Å²) in [7, 11) is 0. The number of alkyl halides is 1. The van der Waals surface area contributed by atoms with Gasteiger partial charge in [0.15, 0.2) is 5.76 Å². The molecule has 2 heterocycles. The molecule has 88 valence electrons. The highest BCUT2D eigenvalue weighted by molar-refractivity contribution is 6.18. The SMILES string of the molecule is CCc1ccc(C(=O)N2CCCC2CCl)o1. The van der Waals surface area contributed by atoms with Crippen molar-refractivity contribution in [1.29, 1.82) is 0 Å². The number of carbonyl (C=O) groups is 1. The maximum absolute atomic E-state index is 12.1. The van der Waals surface area contributed by atoms with E-state index in [1.54, 1.807) is 6.07 Å². The molecule has 1 saturated heterocycles. The highest BCUT2D eigenvalue weighted by Gasteiger charge is 2.30. The lowest BCUT2D eigenvalue weighted by atomic mass is 10.2. The van der Waals surface area contributed by atoms with Crippen molar-refractivity contribution >= 4 is 17.5 Å². The van der Waals surface area contributed by atoms with E-state index >= 15 is 0 Å². The first-order chi connectivity index (χ1) is 7.76. The Balaban J connectivity index is 2.12. The highest BCUT2D eigenvalue weighted by Crippen LogP contribution is 2.22. The molecule has 1 aromatic rings. The number of carbonyl (C=O) groups excluding carboxylic acids is 1. The van der Waals surface area contributed by atoms with Gasteiger partial charge in [-0.3, -0.25) is 4.79 Å². The minimum Gasteiger partial charge on any atom is -0.456 e. The van der Waals surface area contributed by atoms with E-state index in [1.165, 1.54) is 0 Å². The molecule has 1 fully saturated rings. The smallest absolute Gasteiger partial charge is 0.289 e. The molecule has 1 amide bonds. The summed E-state index contributed by atoms with van der Waals surface area (Å²) in [6.07, 6.45) is 2.84. The molecule has 2 rings (SSSR count). The number of rotatable bonds is 3. The van der Waals surface area contributed by atoms with Crippen LogP contribution in [0.1, 0.15) is 36.1 Å². The van der Waals surface area contributed by atoms with Crippen LogP contribution in [-0.2, 0) is 6.42 Å². The van der Waals surface area contributed by atoms with Crippen molar-refractivity contribution in [2.75, 3.05) is 12.4 Å². The van der Waals surface area contributed by atoms with E-state index in [0.29, 0.717) is 11.6 Å². The summed E-state index contributed by atoms with van der Waals surface area (Å²) in [5, 5.41) is 0. The van der Waals surface area contributed by atoms with Crippen molar-refractivity contribution in [3.8, 4) is 0 Å². The number of nitrogens with zero attached hydrogens (tertiary/aromatic N) is 1. The maximum Gasteiger partial charge on any atom is 0.289 e. The average Bonchev–Trinajstić information content (AvgIpc) is 2.96. The normalized spacial score (nSPS) is 20.4. The standard InChI is InChI=1S/C12H16ClNO2/c1-2-10-5-6-11(16-10)12(15)14-7-3-4-9(14)8-13/h5-6,9H,2-4,7-8H2,1H3. The third-order valence-electron chi connectivity index (χ3n) is 3.04. The van der Waals surface area contributed by atoms with Crippen molar-refractivity contribution in [3.05, 3.63) is 23.7 Å². The number of aryl methyl sites for hydroxylation is 1. The molecule has 0 saturated carbocycles. The molecule has 0 aliphatic carbocycles. The number of furan rings is 1. The van der Waals surface area contributed by atoms with Gasteiger partial charge in [-0.15, -0.1) is 11.6 Å². The second-order valence-electron chi connectivity index (χ2n) is 4.07. The van der Waals surface area contributed by atoms with Crippen LogP contribution in [0.4, 0.5) is 0 Å². The van der Waals surface area contributed by atoms with Crippen LogP contribution in [0.2, 0.25) is 0 Å². The molecular formula is C12H16ClNO2. The van der Waals surface area contributed by atoms with E-state index in [1.807, 2.05) is 17.9 Å². The Morgan fingerprint density at radius 1 is 1.62 bits per heavy atom. The number of amides is 1. The van der Waals surface area contributed by atoms with Crippen LogP contribution in [0.5, 0.6) is 0 Å². The Morgan fingerprint density at radius 2 is 2.44 bits per heavy atom. The van der Waals surface area contributed by atoms with Crippen molar-refractivity contribution in [2.24, 2.45) is 0 Å². The molecule has 1 aliphatic heterocycles. The maximum atomic E-state index is 12.1. The average molecular weight is 242 g/mol. The molecule has 0 aromatic carbocycles. The van der Waals surface area contributed by atoms with E-state index in [4.69, 9.17) is 16.0 Å². The minimum absolute atomic E-state index is 0.0251. The van der Waals surface area contributed by atoms with E-state index in [2.05, 4.69) is 0 Å². The zero-order chi connectivity index (χ0) is 11.5. The van der Waals surface area contributed by atoms with Crippen molar-refractivity contribution in [1.82, 2.24) is 4.90 Å². The van der Waals surface area contributed by atoms with Crippen LogP contribution in [-0.4, -0.2) is 29.3 Å². The summed E-state index contributed by atoms with van der Waals surface area (Å²) < 4.78 is 5.47. The van der Waals surface area contributed by atoms with E-state index < -0.39 is 0 Å². The zero-order valence-corrected chi connectivity index (χ0v) is 10.2. The summed E-state index contributed by atoms with van der Waals surface area (Å²) in [4.78, 5) is 13.9. The van der Waals surface area contributed by atoms with Crippen LogP contribution in [0.3, 0.4) is 0 Å². The van der Waals surface area contributed by atoms with Crippen LogP contribution in [0, 0.1) is 0 Å². The van der Waals surface area contributed by atoms with E-state index in [9.17, 15) is 4.79 Å². The largest absolute Gasteiger partial charge is 0.456 e. The van der Waals surface area contributed by atoms with Gasteiger partial charge in [-0.05, 0) is 25.0 Å². The van der Waals surface area contributed by atoms with Crippen LogP contribution in [0.15, 0.2) is 16.5 Å². The first kappa shape index (κ1) is 11.5. The lowest BCUT2D eigenvalue weighted by Crippen LogP contribution is -2.36. The predicted molar refractivity (Wildman–Crippen MR) is 62.9 cm³/mol. The van der Waals surface area contributed by atoms with Gasteiger partial charge >= 0.3 is 0 Å². The fourth-order valence-corrected chi connectivity index (χ4v) is 2.41. The lowest BCUT2D eigenvalue weighted by molar-refractivity contribution is 0.0715. The molecule has 4 heteroatoms. The molecule has 0 radical (unpaired) electrons. The Bertz CT molecular complexity index is 375. The number of hydrogen-bond acceptors (Lipinski definition) is 2. The summed E-state index contributed by atoms with van der Waals surface area (Å²) in [5.41, 5.74) is 0. The molecule has 16 heavy (non-hydrogen) atoms. The number of hydrogen-bond donors (Lipinski definition) is 0. The molecule has 0 N–H and O–H groups in total. The van der Waals surface area contributed by atoms with Gasteiger partial charge < -0.3 is 9.32 Å². The Labute approximate surface area is 100 Å². The number of halogens is 1. The number of likely N-dealkylation sites (tertiary alicyclic amines) is 1. The first-order valence-corrected chi connectivity index (χ1v) is 6.25. The molecular weight excluding hydrogens is 226 g/mol. The van der Waals surface area contributed by atoms with Crippen molar-refractivity contribution < 1.29 is 9.21 Å². The van der Waals surface area contributed by atoms with E-state index in [0.717, 1.165) is 31.6 Å². The quantitative estimate of drug-likeness (QED) is 0.763. The molecule has 0 bridgehead atoms. The second kappa shape index (κ2) is 4.91. The van der Waals surface area contributed by atoms with Gasteiger partial charge in [0.05, 0.1) is 0 Å². The molecule has 1 aliphatic rings. The molecule has 0 spiro atoms. The van der Waals surface area contributed by atoms with Gasteiger partial charge in [-0.1, -0.05) is 6.92 Å². The predicted octanol–water partition coefficient (Wildman–Crippen LogP) is 2.69.